The van der Waals surface area contributed by atoms with Crippen LogP contribution in [0.1, 0.15) is 63.9 Å². The predicted molar refractivity (Wildman–Crippen MR) is 108 cm³/mol. The maximum absolute atomic E-state index is 12.0. The van der Waals surface area contributed by atoms with E-state index in [0.717, 1.165) is 13.0 Å². The van der Waals surface area contributed by atoms with Crippen molar-refractivity contribution < 1.29 is 14.0 Å². The number of halogens is 1. The molecule has 1 rings (SSSR count). The number of likely N-dealkylation sites (N-methyl/N-ethyl adjacent to an activating group) is 1. The third kappa shape index (κ3) is 12.9. The molecule has 0 aromatic heterocycles. The van der Waals surface area contributed by atoms with Crippen LogP contribution in [0.4, 0.5) is 0 Å². The summed E-state index contributed by atoms with van der Waals surface area (Å²) in [4.78, 5) is 12.0. The molecule has 0 atom stereocenters. The van der Waals surface area contributed by atoms with Crippen molar-refractivity contribution in [2.45, 2.75) is 64.8 Å². The van der Waals surface area contributed by atoms with E-state index in [1.807, 2.05) is 18.2 Å². The Morgan fingerprint density at radius 1 is 0.920 bits per heavy atom. The molecule has 0 heterocycles. The highest BCUT2D eigenvalue weighted by Crippen LogP contribution is 2.10. The van der Waals surface area contributed by atoms with E-state index in [1.54, 1.807) is 0 Å². The molecule has 0 fully saturated rings. The summed E-state index contributed by atoms with van der Waals surface area (Å²) in [5, 5.41) is 0. The Bertz CT molecular complexity index is 448. The highest BCUT2D eigenvalue weighted by atomic mass is 35.5. The Labute approximate surface area is 160 Å². The fourth-order valence-corrected chi connectivity index (χ4v) is 2.95. The second-order valence-corrected chi connectivity index (χ2v) is 7.43. The van der Waals surface area contributed by atoms with Gasteiger partial charge >= 0.3 is 5.97 Å². The third-order valence-electron chi connectivity index (χ3n) is 4.27. The standard InChI is InChI=1S/C21H36NO2.ClH/c1-4-5-6-7-8-9-10-14-17-24-21(23)19-22(2,3)18-20-15-12-11-13-16-20;/h11-13,15-16H,4-10,14,17-19H2,1-3H3;1H/q+1;. The molecule has 1 aromatic carbocycles. The molecule has 144 valence electrons. The van der Waals surface area contributed by atoms with Crippen molar-refractivity contribution in [3.63, 3.8) is 0 Å². The molecular weight excluding hydrogens is 334 g/mol. The lowest BCUT2D eigenvalue weighted by Crippen LogP contribution is -2.43. The van der Waals surface area contributed by atoms with E-state index in [0.29, 0.717) is 17.6 Å². The highest BCUT2D eigenvalue weighted by molar-refractivity contribution is 5.85. The Balaban J connectivity index is 0.00000576. The summed E-state index contributed by atoms with van der Waals surface area (Å²) < 4.78 is 6.03. The van der Waals surface area contributed by atoms with E-state index in [4.69, 9.17) is 4.74 Å². The summed E-state index contributed by atoms with van der Waals surface area (Å²) in [6.07, 6.45) is 10.1. The van der Waals surface area contributed by atoms with Gasteiger partial charge in [0.1, 0.15) is 6.54 Å². The summed E-state index contributed by atoms with van der Waals surface area (Å²) in [5.41, 5.74) is 1.25. The predicted octanol–water partition coefficient (Wildman–Crippen LogP) is 5.37. The molecule has 0 spiro atoms. The molecule has 0 amide bonds. The van der Waals surface area contributed by atoms with Gasteiger partial charge in [-0.1, -0.05) is 82.2 Å². The van der Waals surface area contributed by atoms with Gasteiger partial charge in [0, 0.05) is 5.56 Å². The van der Waals surface area contributed by atoms with E-state index in [2.05, 4.69) is 33.2 Å². The highest BCUT2D eigenvalue weighted by Gasteiger charge is 2.21. The average Bonchev–Trinajstić information content (AvgIpc) is 2.53. The first-order valence-electron chi connectivity index (χ1n) is 9.55. The fraction of sp³-hybridized carbons (Fsp3) is 0.667. The van der Waals surface area contributed by atoms with Gasteiger partial charge in [0.2, 0.25) is 0 Å². The van der Waals surface area contributed by atoms with Crippen molar-refractivity contribution in [2.75, 3.05) is 27.2 Å². The molecular formula is C21H37ClNO2+. The molecule has 3 nitrogen and oxygen atoms in total. The van der Waals surface area contributed by atoms with E-state index < -0.39 is 0 Å². The first-order chi connectivity index (χ1) is 11.5. The molecule has 0 radical (unpaired) electrons. The number of hydrogen-bond donors (Lipinski definition) is 0. The molecule has 0 aliphatic heterocycles. The Kier molecular flexibility index (Phi) is 13.5. The van der Waals surface area contributed by atoms with Crippen LogP contribution in [0.15, 0.2) is 30.3 Å². The van der Waals surface area contributed by atoms with Crippen molar-refractivity contribution in [1.29, 1.82) is 0 Å². The molecule has 0 unspecified atom stereocenters. The number of esters is 1. The van der Waals surface area contributed by atoms with Gasteiger partial charge in [-0.2, -0.15) is 0 Å². The lowest BCUT2D eigenvalue weighted by molar-refractivity contribution is -0.896. The SMILES string of the molecule is CCCCCCCCCCOC(=O)C[N+](C)(C)Cc1ccccc1.Cl. The minimum atomic E-state index is -0.0844. The van der Waals surface area contributed by atoms with Crippen LogP contribution in [0.25, 0.3) is 0 Å². The first-order valence-corrected chi connectivity index (χ1v) is 9.55. The van der Waals surface area contributed by atoms with Crippen molar-refractivity contribution in [3.05, 3.63) is 35.9 Å². The molecule has 0 aliphatic rings. The van der Waals surface area contributed by atoms with Gasteiger partial charge < -0.3 is 9.22 Å². The van der Waals surface area contributed by atoms with E-state index >= 15 is 0 Å². The zero-order valence-corrected chi connectivity index (χ0v) is 17.2. The van der Waals surface area contributed by atoms with E-state index in [9.17, 15) is 4.79 Å². The Hall–Kier alpha value is -1.06. The van der Waals surface area contributed by atoms with Gasteiger partial charge in [-0.3, -0.25) is 0 Å². The first kappa shape index (κ1) is 23.9. The summed E-state index contributed by atoms with van der Waals surface area (Å²) in [6, 6.07) is 10.3. The van der Waals surface area contributed by atoms with Crippen molar-refractivity contribution in [3.8, 4) is 0 Å². The lowest BCUT2D eigenvalue weighted by atomic mass is 10.1. The second-order valence-electron chi connectivity index (χ2n) is 7.43. The molecule has 25 heavy (non-hydrogen) atoms. The summed E-state index contributed by atoms with van der Waals surface area (Å²) in [7, 11) is 4.15. The van der Waals surface area contributed by atoms with Crippen LogP contribution < -0.4 is 0 Å². The second kappa shape index (κ2) is 14.1. The molecule has 0 aliphatic carbocycles. The number of nitrogens with zero attached hydrogens (tertiary/aromatic N) is 1. The number of hydrogen-bond acceptors (Lipinski definition) is 2. The Morgan fingerprint density at radius 3 is 2.08 bits per heavy atom. The van der Waals surface area contributed by atoms with Crippen LogP contribution in [0.3, 0.4) is 0 Å². The number of rotatable bonds is 13. The average molecular weight is 371 g/mol. The number of unbranched alkanes of at least 4 members (excludes halogenated alkanes) is 7. The van der Waals surface area contributed by atoms with Gasteiger partial charge in [0.15, 0.2) is 6.54 Å². The zero-order valence-electron chi connectivity index (χ0n) is 16.3. The van der Waals surface area contributed by atoms with E-state index in [-0.39, 0.29) is 18.4 Å². The van der Waals surface area contributed by atoms with Crippen molar-refractivity contribution >= 4 is 18.4 Å². The number of benzene rings is 1. The van der Waals surface area contributed by atoms with Gasteiger partial charge in [0.25, 0.3) is 0 Å². The zero-order chi connectivity index (χ0) is 17.7. The maximum Gasteiger partial charge on any atom is 0.361 e. The number of carbonyl (C=O) groups excluding carboxylic acids is 1. The number of quaternary nitrogens is 1. The van der Waals surface area contributed by atoms with Gasteiger partial charge in [0.05, 0.1) is 20.7 Å². The van der Waals surface area contributed by atoms with E-state index in [1.165, 1.54) is 50.5 Å². The quantitative estimate of drug-likeness (QED) is 0.265. The molecule has 0 saturated heterocycles. The lowest BCUT2D eigenvalue weighted by Gasteiger charge is -2.28. The molecule has 1 aromatic rings. The topological polar surface area (TPSA) is 26.3 Å². The van der Waals surface area contributed by atoms with Crippen LogP contribution in [0, 0.1) is 0 Å². The van der Waals surface area contributed by atoms with Crippen LogP contribution >= 0.6 is 12.4 Å². The Morgan fingerprint density at radius 2 is 1.48 bits per heavy atom. The number of carbonyl (C=O) groups is 1. The van der Waals surface area contributed by atoms with Crippen LogP contribution in [-0.2, 0) is 16.1 Å². The molecule has 4 heteroatoms. The van der Waals surface area contributed by atoms with Crippen LogP contribution in [-0.4, -0.2) is 37.7 Å². The monoisotopic (exact) mass is 370 g/mol. The van der Waals surface area contributed by atoms with Gasteiger partial charge in [-0.05, 0) is 6.42 Å². The largest absolute Gasteiger partial charge is 0.462 e. The normalized spacial score (nSPS) is 11.0. The summed E-state index contributed by atoms with van der Waals surface area (Å²) >= 11 is 0. The minimum absolute atomic E-state index is 0. The summed E-state index contributed by atoms with van der Waals surface area (Å²) in [5.74, 6) is -0.0844. The summed E-state index contributed by atoms with van der Waals surface area (Å²) in [6.45, 7) is 4.08. The maximum atomic E-state index is 12.0. The number of ether oxygens (including phenoxy) is 1. The van der Waals surface area contributed by atoms with Gasteiger partial charge in [-0.15, -0.1) is 12.4 Å². The molecule has 0 bridgehead atoms. The fourth-order valence-electron chi connectivity index (χ4n) is 2.95. The third-order valence-corrected chi connectivity index (χ3v) is 4.27. The molecule has 0 N–H and O–H groups in total. The smallest absolute Gasteiger partial charge is 0.361 e. The molecule has 0 saturated carbocycles. The van der Waals surface area contributed by atoms with Gasteiger partial charge in [-0.25, -0.2) is 4.79 Å². The minimum Gasteiger partial charge on any atom is -0.462 e. The van der Waals surface area contributed by atoms with Crippen molar-refractivity contribution in [1.82, 2.24) is 0 Å². The van der Waals surface area contributed by atoms with Crippen LogP contribution in [0.2, 0.25) is 0 Å². The van der Waals surface area contributed by atoms with Crippen molar-refractivity contribution in [2.24, 2.45) is 0 Å². The van der Waals surface area contributed by atoms with Crippen LogP contribution in [0.5, 0.6) is 0 Å².